The molecule has 3 heteroatoms. The molecule has 0 aliphatic rings. The number of unbranched alkanes of at least 4 members (excludes halogenated alkanes) is 1. The monoisotopic (exact) mass is 214 g/mol. The highest BCUT2D eigenvalue weighted by Crippen LogP contribution is 2.13. The number of amides is 1. The smallest absolute Gasteiger partial charge is 0.226 e. The molecule has 0 heterocycles. The van der Waals surface area contributed by atoms with E-state index in [2.05, 4.69) is 26.1 Å². The summed E-state index contributed by atoms with van der Waals surface area (Å²) in [6, 6.07) is 0. The SMILES string of the molecule is CCCCN(C)C(=O)C(CNC)C(C)C. The Kier molecular flexibility index (Phi) is 7.39. The predicted octanol–water partition coefficient (Wildman–Crippen LogP) is 1.74. The number of nitrogens with zero attached hydrogens (tertiary/aromatic N) is 1. The van der Waals surface area contributed by atoms with Crippen LogP contribution in [0.5, 0.6) is 0 Å². The Morgan fingerprint density at radius 1 is 1.40 bits per heavy atom. The molecule has 15 heavy (non-hydrogen) atoms. The standard InChI is InChI=1S/C12H26N2O/c1-6-7-8-14(5)12(15)11(9-13-4)10(2)3/h10-11,13H,6-9H2,1-5H3. The summed E-state index contributed by atoms with van der Waals surface area (Å²) < 4.78 is 0. The summed E-state index contributed by atoms with van der Waals surface area (Å²) in [5.41, 5.74) is 0. The van der Waals surface area contributed by atoms with Gasteiger partial charge in [-0.05, 0) is 19.4 Å². The molecule has 0 rings (SSSR count). The molecule has 0 radical (unpaired) electrons. The number of nitrogens with one attached hydrogen (secondary N) is 1. The number of hydrogen-bond donors (Lipinski definition) is 1. The Balaban J connectivity index is 4.22. The zero-order chi connectivity index (χ0) is 11.8. The van der Waals surface area contributed by atoms with E-state index in [1.807, 2.05) is 19.0 Å². The molecule has 0 aromatic carbocycles. The van der Waals surface area contributed by atoms with Gasteiger partial charge in [-0.15, -0.1) is 0 Å². The van der Waals surface area contributed by atoms with Crippen LogP contribution in [0.4, 0.5) is 0 Å². The molecular formula is C12H26N2O. The van der Waals surface area contributed by atoms with E-state index in [-0.39, 0.29) is 11.8 Å². The van der Waals surface area contributed by atoms with Crippen molar-refractivity contribution >= 4 is 5.91 Å². The van der Waals surface area contributed by atoms with E-state index in [4.69, 9.17) is 0 Å². The van der Waals surface area contributed by atoms with Crippen LogP contribution in [0.15, 0.2) is 0 Å². The Hall–Kier alpha value is -0.570. The third-order valence-electron chi connectivity index (χ3n) is 2.77. The maximum Gasteiger partial charge on any atom is 0.226 e. The Morgan fingerprint density at radius 3 is 2.40 bits per heavy atom. The molecule has 1 atom stereocenters. The van der Waals surface area contributed by atoms with Crippen LogP contribution in [0.25, 0.3) is 0 Å². The lowest BCUT2D eigenvalue weighted by Gasteiger charge is -2.26. The second-order valence-electron chi connectivity index (χ2n) is 4.52. The Morgan fingerprint density at radius 2 is 2.00 bits per heavy atom. The maximum atomic E-state index is 12.1. The highest BCUT2D eigenvalue weighted by atomic mass is 16.2. The summed E-state index contributed by atoms with van der Waals surface area (Å²) in [6.07, 6.45) is 2.22. The summed E-state index contributed by atoms with van der Waals surface area (Å²) in [5, 5.41) is 3.09. The lowest BCUT2D eigenvalue weighted by molar-refractivity contribution is -0.135. The first-order valence-corrected chi connectivity index (χ1v) is 5.94. The van der Waals surface area contributed by atoms with Crippen molar-refractivity contribution in [1.82, 2.24) is 10.2 Å². The van der Waals surface area contributed by atoms with Crippen LogP contribution < -0.4 is 5.32 Å². The Bertz CT molecular complexity index is 180. The van der Waals surface area contributed by atoms with Gasteiger partial charge >= 0.3 is 0 Å². The minimum absolute atomic E-state index is 0.108. The molecule has 0 aromatic rings. The Labute approximate surface area is 94.2 Å². The van der Waals surface area contributed by atoms with Crippen LogP contribution in [0.2, 0.25) is 0 Å². The molecule has 1 N–H and O–H groups in total. The predicted molar refractivity (Wildman–Crippen MR) is 64.8 cm³/mol. The van der Waals surface area contributed by atoms with Gasteiger partial charge in [0.05, 0.1) is 5.92 Å². The van der Waals surface area contributed by atoms with Gasteiger partial charge in [-0.1, -0.05) is 27.2 Å². The second kappa shape index (κ2) is 7.69. The van der Waals surface area contributed by atoms with Gasteiger partial charge in [0.2, 0.25) is 5.91 Å². The minimum Gasteiger partial charge on any atom is -0.345 e. The fourth-order valence-electron chi connectivity index (χ4n) is 1.62. The third-order valence-corrected chi connectivity index (χ3v) is 2.77. The summed E-state index contributed by atoms with van der Waals surface area (Å²) >= 11 is 0. The van der Waals surface area contributed by atoms with E-state index >= 15 is 0 Å². The van der Waals surface area contributed by atoms with Gasteiger partial charge in [0, 0.05) is 20.1 Å². The van der Waals surface area contributed by atoms with Gasteiger partial charge in [0.15, 0.2) is 0 Å². The van der Waals surface area contributed by atoms with Gasteiger partial charge < -0.3 is 10.2 Å². The average Bonchev–Trinajstić information content (AvgIpc) is 2.21. The molecule has 90 valence electrons. The van der Waals surface area contributed by atoms with Crippen LogP contribution in [0.3, 0.4) is 0 Å². The lowest BCUT2D eigenvalue weighted by atomic mass is 9.94. The quantitative estimate of drug-likeness (QED) is 0.700. The molecule has 0 fully saturated rings. The van der Waals surface area contributed by atoms with E-state index in [0.717, 1.165) is 25.9 Å². The van der Waals surface area contributed by atoms with Gasteiger partial charge in [0.25, 0.3) is 0 Å². The van der Waals surface area contributed by atoms with E-state index in [0.29, 0.717) is 5.92 Å². The highest BCUT2D eigenvalue weighted by Gasteiger charge is 2.23. The van der Waals surface area contributed by atoms with Crippen molar-refractivity contribution in [1.29, 1.82) is 0 Å². The van der Waals surface area contributed by atoms with Crippen LogP contribution in [-0.4, -0.2) is 38.0 Å². The normalized spacial score (nSPS) is 12.9. The summed E-state index contributed by atoms with van der Waals surface area (Å²) in [7, 11) is 3.80. The van der Waals surface area contributed by atoms with E-state index in [1.54, 1.807) is 0 Å². The van der Waals surface area contributed by atoms with E-state index in [9.17, 15) is 4.79 Å². The molecule has 1 amide bonds. The van der Waals surface area contributed by atoms with Crippen LogP contribution in [0.1, 0.15) is 33.6 Å². The van der Waals surface area contributed by atoms with E-state index < -0.39 is 0 Å². The van der Waals surface area contributed by atoms with Crippen molar-refractivity contribution < 1.29 is 4.79 Å². The zero-order valence-electron chi connectivity index (χ0n) is 10.8. The molecular weight excluding hydrogens is 188 g/mol. The molecule has 0 bridgehead atoms. The number of carbonyl (C=O) groups is 1. The average molecular weight is 214 g/mol. The van der Waals surface area contributed by atoms with Gasteiger partial charge in [-0.2, -0.15) is 0 Å². The van der Waals surface area contributed by atoms with Gasteiger partial charge in [-0.25, -0.2) is 0 Å². The highest BCUT2D eigenvalue weighted by molar-refractivity contribution is 5.79. The molecule has 0 aromatic heterocycles. The molecule has 1 unspecified atom stereocenters. The van der Waals surface area contributed by atoms with Crippen molar-refractivity contribution in [3.8, 4) is 0 Å². The van der Waals surface area contributed by atoms with Crippen molar-refractivity contribution in [3.05, 3.63) is 0 Å². The van der Waals surface area contributed by atoms with Gasteiger partial charge in [-0.3, -0.25) is 4.79 Å². The fourth-order valence-corrected chi connectivity index (χ4v) is 1.62. The molecule has 0 spiro atoms. The van der Waals surface area contributed by atoms with Crippen molar-refractivity contribution in [2.24, 2.45) is 11.8 Å². The zero-order valence-corrected chi connectivity index (χ0v) is 10.8. The van der Waals surface area contributed by atoms with Crippen LogP contribution in [0, 0.1) is 11.8 Å². The summed E-state index contributed by atoms with van der Waals surface area (Å²) in [5.74, 6) is 0.777. The summed E-state index contributed by atoms with van der Waals surface area (Å²) in [4.78, 5) is 13.9. The maximum absolute atomic E-state index is 12.1. The first kappa shape index (κ1) is 14.4. The minimum atomic E-state index is 0.108. The number of rotatable bonds is 7. The van der Waals surface area contributed by atoms with E-state index in [1.165, 1.54) is 0 Å². The first-order valence-electron chi connectivity index (χ1n) is 5.94. The van der Waals surface area contributed by atoms with Crippen molar-refractivity contribution in [2.75, 3.05) is 27.2 Å². The molecule has 0 aliphatic heterocycles. The fraction of sp³-hybridized carbons (Fsp3) is 0.917. The third kappa shape index (κ3) is 5.17. The lowest BCUT2D eigenvalue weighted by Crippen LogP contribution is -2.40. The number of hydrogen-bond acceptors (Lipinski definition) is 2. The number of carbonyl (C=O) groups excluding carboxylic acids is 1. The molecule has 0 saturated heterocycles. The largest absolute Gasteiger partial charge is 0.345 e. The first-order chi connectivity index (χ1) is 7.04. The molecule has 0 aliphatic carbocycles. The van der Waals surface area contributed by atoms with Crippen molar-refractivity contribution in [3.63, 3.8) is 0 Å². The topological polar surface area (TPSA) is 32.3 Å². The van der Waals surface area contributed by atoms with Crippen LogP contribution in [-0.2, 0) is 4.79 Å². The van der Waals surface area contributed by atoms with Crippen LogP contribution >= 0.6 is 0 Å². The molecule has 3 nitrogen and oxygen atoms in total. The van der Waals surface area contributed by atoms with Gasteiger partial charge in [0.1, 0.15) is 0 Å². The second-order valence-corrected chi connectivity index (χ2v) is 4.52. The molecule has 0 saturated carbocycles. The van der Waals surface area contributed by atoms with Crippen molar-refractivity contribution in [2.45, 2.75) is 33.6 Å². The summed E-state index contributed by atoms with van der Waals surface area (Å²) in [6.45, 7) is 8.00.